The fourth-order valence-electron chi connectivity index (χ4n) is 3.17. The van der Waals surface area contributed by atoms with E-state index in [1.54, 1.807) is 0 Å². The van der Waals surface area contributed by atoms with E-state index in [1.165, 1.54) is 25.7 Å². The van der Waals surface area contributed by atoms with E-state index >= 15 is 0 Å². The van der Waals surface area contributed by atoms with Crippen LogP contribution in [0.3, 0.4) is 0 Å². The number of rotatable bonds is 6. The summed E-state index contributed by atoms with van der Waals surface area (Å²) in [5.74, 6) is 3.03. The topological polar surface area (TPSA) is 38.0 Å². The minimum absolute atomic E-state index is 0.438. The van der Waals surface area contributed by atoms with Crippen molar-refractivity contribution < 1.29 is 0 Å². The molecule has 1 aliphatic carbocycles. The van der Waals surface area contributed by atoms with Crippen LogP contribution in [-0.2, 0) is 0 Å². The predicted molar refractivity (Wildman–Crippen MR) is 76.0 cm³/mol. The van der Waals surface area contributed by atoms with Crippen molar-refractivity contribution in [2.24, 2.45) is 29.4 Å². The molecule has 0 aromatic rings. The van der Waals surface area contributed by atoms with Gasteiger partial charge in [-0.15, -0.1) is 0 Å². The van der Waals surface area contributed by atoms with Crippen molar-refractivity contribution in [2.45, 2.75) is 59.4 Å². The molecule has 2 heteroatoms. The van der Waals surface area contributed by atoms with Gasteiger partial charge in [-0.2, -0.15) is 0 Å². The van der Waals surface area contributed by atoms with Crippen molar-refractivity contribution in [3.8, 4) is 0 Å². The van der Waals surface area contributed by atoms with Gasteiger partial charge in [0.1, 0.15) is 0 Å². The van der Waals surface area contributed by atoms with E-state index < -0.39 is 0 Å². The molecule has 0 aliphatic heterocycles. The van der Waals surface area contributed by atoms with Crippen LogP contribution in [0, 0.1) is 23.7 Å². The zero-order valence-corrected chi connectivity index (χ0v) is 12.2. The molecule has 0 radical (unpaired) electrons. The Balaban J connectivity index is 2.25. The summed E-state index contributed by atoms with van der Waals surface area (Å²) >= 11 is 0. The maximum atomic E-state index is 6.18. The maximum absolute atomic E-state index is 6.18. The van der Waals surface area contributed by atoms with E-state index in [4.69, 9.17) is 5.73 Å². The highest BCUT2D eigenvalue weighted by molar-refractivity contribution is 4.80. The summed E-state index contributed by atoms with van der Waals surface area (Å²) in [4.78, 5) is 0. The lowest BCUT2D eigenvalue weighted by Crippen LogP contribution is -2.41. The Kier molecular flexibility index (Phi) is 6.50. The highest BCUT2D eigenvalue weighted by Gasteiger charge is 2.22. The quantitative estimate of drug-likeness (QED) is 0.749. The Morgan fingerprint density at radius 2 is 1.65 bits per heavy atom. The standard InChI is InChI=1S/C15H32N2/c1-11(2)14(12(3)4)10-17-9-13-7-5-6-8-15(13)16/h11-15,17H,5-10,16H2,1-4H3. The van der Waals surface area contributed by atoms with Crippen molar-refractivity contribution in [3.05, 3.63) is 0 Å². The SMILES string of the molecule is CC(C)C(CNCC1CCCCC1N)C(C)C. The lowest BCUT2D eigenvalue weighted by Gasteiger charge is -2.31. The van der Waals surface area contributed by atoms with E-state index in [-0.39, 0.29) is 0 Å². The van der Waals surface area contributed by atoms with E-state index in [1.807, 2.05) is 0 Å². The Morgan fingerprint density at radius 3 is 2.18 bits per heavy atom. The minimum Gasteiger partial charge on any atom is -0.327 e. The fourth-order valence-corrected chi connectivity index (χ4v) is 3.17. The smallest absolute Gasteiger partial charge is 0.00792 e. The number of hydrogen-bond acceptors (Lipinski definition) is 2. The fraction of sp³-hybridized carbons (Fsp3) is 1.00. The van der Waals surface area contributed by atoms with Crippen LogP contribution < -0.4 is 11.1 Å². The average molecular weight is 240 g/mol. The van der Waals surface area contributed by atoms with Crippen LogP contribution in [0.15, 0.2) is 0 Å². The molecular formula is C15H32N2. The van der Waals surface area contributed by atoms with E-state index in [0.717, 1.165) is 30.8 Å². The van der Waals surface area contributed by atoms with Gasteiger partial charge >= 0.3 is 0 Å². The molecule has 0 spiro atoms. The summed E-state index contributed by atoms with van der Waals surface area (Å²) in [6.07, 6.45) is 5.25. The van der Waals surface area contributed by atoms with Crippen molar-refractivity contribution >= 4 is 0 Å². The molecule has 1 aliphatic rings. The highest BCUT2D eigenvalue weighted by atomic mass is 14.9. The Labute approximate surface area is 108 Å². The van der Waals surface area contributed by atoms with E-state index in [9.17, 15) is 0 Å². The molecule has 2 unspecified atom stereocenters. The van der Waals surface area contributed by atoms with Gasteiger partial charge in [0.25, 0.3) is 0 Å². The summed E-state index contributed by atoms with van der Waals surface area (Å²) in [6.45, 7) is 11.6. The Bertz CT molecular complexity index is 193. The minimum atomic E-state index is 0.438. The van der Waals surface area contributed by atoms with Crippen LogP contribution in [0.1, 0.15) is 53.4 Å². The second kappa shape index (κ2) is 7.38. The molecule has 1 saturated carbocycles. The summed E-state index contributed by atoms with van der Waals surface area (Å²) in [6, 6.07) is 0.438. The molecule has 2 nitrogen and oxygen atoms in total. The molecule has 17 heavy (non-hydrogen) atoms. The molecular weight excluding hydrogens is 208 g/mol. The van der Waals surface area contributed by atoms with Gasteiger partial charge in [0.2, 0.25) is 0 Å². The third-order valence-electron chi connectivity index (χ3n) is 4.47. The molecule has 3 N–H and O–H groups in total. The zero-order valence-electron chi connectivity index (χ0n) is 12.2. The molecule has 0 bridgehead atoms. The van der Waals surface area contributed by atoms with Crippen LogP contribution in [0.25, 0.3) is 0 Å². The van der Waals surface area contributed by atoms with E-state index in [2.05, 4.69) is 33.0 Å². The van der Waals surface area contributed by atoms with Crippen LogP contribution >= 0.6 is 0 Å². The van der Waals surface area contributed by atoms with Gasteiger partial charge in [0.05, 0.1) is 0 Å². The van der Waals surface area contributed by atoms with Gasteiger partial charge in [-0.05, 0) is 49.6 Å². The lowest BCUT2D eigenvalue weighted by molar-refractivity contribution is 0.249. The van der Waals surface area contributed by atoms with Crippen LogP contribution in [0.5, 0.6) is 0 Å². The van der Waals surface area contributed by atoms with E-state index in [0.29, 0.717) is 12.0 Å². The molecule has 0 aromatic carbocycles. The van der Waals surface area contributed by atoms with Crippen LogP contribution in [0.2, 0.25) is 0 Å². The van der Waals surface area contributed by atoms with Gasteiger partial charge in [0, 0.05) is 6.04 Å². The average Bonchev–Trinajstić information content (AvgIpc) is 2.25. The van der Waals surface area contributed by atoms with Crippen molar-refractivity contribution in [3.63, 3.8) is 0 Å². The summed E-state index contributed by atoms with van der Waals surface area (Å²) < 4.78 is 0. The van der Waals surface area contributed by atoms with Crippen molar-refractivity contribution in [1.29, 1.82) is 0 Å². The first-order valence-corrected chi connectivity index (χ1v) is 7.48. The molecule has 1 fully saturated rings. The van der Waals surface area contributed by atoms with Gasteiger partial charge in [-0.3, -0.25) is 0 Å². The lowest BCUT2D eigenvalue weighted by atomic mass is 9.83. The molecule has 1 rings (SSSR count). The molecule has 0 aromatic heterocycles. The summed E-state index contributed by atoms with van der Waals surface area (Å²) in [5.41, 5.74) is 6.18. The summed E-state index contributed by atoms with van der Waals surface area (Å²) in [5, 5.41) is 3.67. The van der Waals surface area contributed by atoms with Gasteiger partial charge in [-0.1, -0.05) is 40.5 Å². The first-order chi connectivity index (χ1) is 8.02. The normalized spacial score (nSPS) is 26.1. The zero-order chi connectivity index (χ0) is 12.8. The number of nitrogens with one attached hydrogen (secondary N) is 1. The molecule has 2 atom stereocenters. The van der Waals surface area contributed by atoms with Gasteiger partial charge < -0.3 is 11.1 Å². The Hall–Kier alpha value is -0.0800. The monoisotopic (exact) mass is 240 g/mol. The number of hydrogen-bond donors (Lipinski definition) is 2. The van der Waals surface area contributed by atoms with Gasteiger partial charge in [-0.25, -0.2) is 0 Å². The van der Waals surface area contributed by atoms with Crippen LogP contribution in [0.4, 0.5) is 0 Å². The second-order valence-corrected chi connectivity index (χ2v) is 6.52. The van der Waals surface area contributed by atoms with Crippen molar-refractivity contribution in [2.75, 3.05) is 13.1 Å². The maximum Gasteiger partial charge on any atom is 0.00792 e. The first-order valence-electron chi connectivity index (χ1n) is 7.48. The summed E-state index contributed by atoms with van der Waals surface area (Å²) in [7, 11) is 0. The third-order valence-corrected chi connectivity index (χ3v) is 4.47. The predicted octanol–water partition coefficient (Wildman–Crippen LogP) is 3.02. The van der Waals surface area contributed by atoms with Crippen LogP contribution in [-0.4, -0.2) is 19.1 Å². The van der Waals surface area contributed by atoms with Crippen molar-refractivity contribution in [1.82, 2.24) is 5.32 Å². The van der Waals surface area contributed by atoms with Gasteiger partial charge in [0.15, 0.2) is 0 Å². The largest absolute Gasteiger partial charge is 0.327 e. The molecule has 102 valence electrons. The third kappa shape index (κ3) is 4.97. The molecule has 0 amide bonds. The molecule has 0 heterocycles. The Morgan fingerprint density at radius 1 is 1.06 bits per heavy atom. The second-order valence-electron chi connectivity index (χ2n) is 6.52. The first kappa shape index (κ1) is 15.0. The molecule has 0 saturated heterocycles. The highest BCUT2D eigenvalue weighted by Crippen LogP contribution is 2.23. The number of nitrogens with two attached hydrogens (primary N) is 1.